The van der Waals surface area contributed by atoms with E-state index in [0.29, 0.717) is 11.5 Å². The van der Waals surface area contributed by atoms with Gasteiger partial charge in [0, 0.05) is 29.0 Å². The smallest absolute Gasteiger partial charge is 0.255 e. The van der Waals surface area contributed by atoms with Crippen LogP contribution in [0.3, 0.4) is 0 Å². The Morgan fingerprint density at radius 2 is 1.79 bits per heavy atom. The Bertz CT molecular complexity index is 1460. The van der Waals surface area contributed by atoms with Gasteiger partial charge in [-0.15, -0.1) is 0 Å². The molecular formula is C28H25N5O. The molecule has 0 fully saturated rings. The van der Waals surface area contributed by atoms with Gasteiger partial charge >= 0.3 is 0 Å². The maximum absolute atomic E-state index is 12.6. The van der Waals surface area contributed by atoms with Crippen molar-refractivity contribution >= 4 is 28.4 Å². The van der Waals surface area contributed by atoms with Crippen molar-refractivity contribution in [2.45, 2.75) is 19.9 Å². The largest absolute Gasteiger partial charge is 0.348 e. The van der Waals surface area contributed by atoms with Gasteiger partial charge in [0.1, 0.15) is 5.82 Å². The molecule has 2 N–H and O–H groups in total. The highest BCUT2D eigenvalue weighted by atomic mass is 16.1. The first kappa shape index (κ1) is 21.4. The lowest BCUT2D eigenvalue weighted by molar-refractivity contribution is 0.102. The van der Waals surface area contributed by atoms with Crippen molar-refractivity contribution in [2.75, 3.05) is 10.6 Å². The van der Waals surface area contributed by atoms with Crippen LogP contribution in [0, 0.1) is 6.92 Å². The maximum Gasteiger partial charge on any atom is 0.255 e. The molecule has 5 rings (SSSR count). The number of aryl methyl sites for hydroxylation is 1. The Morgan fingerprint density at radius 3 is 2.62 bits per heavy atom. The molecule has 0 radical (unpaired) electrons. The Kier molecular flexibility index (Phi) is 5.79. The number of aromatic nitrogens is 3. The van der Waals surface area contributed by atoms with Crippen LogP contribution in [0.5, 0.6) is 0 Å². The summed E-state index contributed by atoms with van der Waals surface area (Å²) in [6.45, 7) is 4.06. The number of benzene rings is 3. The van der Waals surface area contributed by atoms with E-state index >= 15 is 0 Å². The first-order chi connectivity index (χ1) is 16.6. The summed E-state index contributed by atoms with van der Waals surface area (Å²) in [5, 5.41) is 7.37. The fourth-order valence-corrected chi connectivity index (χ4v) is 3.98. The number of anilines is 2. The van der Waals surface area contributed by atoms with Crippen LogP contribution in [0.1, 0.15) is 34.5 Å². The van der Waals surface area contributed by atoms with E-state index in [1.54, 1.807) is 6.20 Å². The lowest BCUT2D eigenvalue weighted by atomic mass is 10.1. The van der Waals surface area contributed by atoms with E-state index in [0.717, 1.165) is 28.0 Å². The number of amides is 1. The predicted octanol–water partition coefficient (Wildman–Crippen LogP) is 6.15. The van der Waals surface area contributed by atoms with Crippen LogP contribution >= 0.6 is 0 Å². The average Bonchev–Trinajstić information content (AvgIpc) is 3.28. The third-order valence-electron chi connectivity index (χ3n) is 5.76. The van der Waals surface area contributed by atoms with E-state index in [1.807, 2.05) is 90.5 Å². The van der Waals surface area contributed by atoms with Crippen LogP contribution in [0.4, 0.5) is 11.6 Å². The lowest BCUT2D eigenvalue weighted by Crippen LogP contribution is -2.12. The second-order valence-corrected chi connectivity index (χ2v) is 8.30. The number of nitrogens with zero attached hydrogens (tertiary/aromatic N) is 3. The van der Waals surface area contributed by atoms with Crippen LogP contribution in [-0.2, 0) is 0 Å². The van der Waals surface area contributed by atoms with Crippen LogP contribution in [-0.4, -0.2) is 20.4 Å². The summed E-state index contributed by atoms with van der Waals surface area (Å²) in [6.07, 6.45) is 3.73. The summed E-state index contributed by atoms with van der Waals surface area (Å²) < 4.78 is 2.02. The van der Waals surface area contributed by atoms with E-state index in [-0.39, 0.29) is 11.9 Å². The van der Waals surface area contributed by atoms with Gasteiger partial charge in [-0.2, -0.15) is 4.98 Å². The molecule has 0 spiro atoms. The zero-order valence-electron chi connectivity index (χ0n) is 19.1. The van der Waals surface area contributed by atoms with Crippen molar-refractivity contribution < 1.29 is 4.79 Å². The molecule has 2 aromatic heterocycles. The molecule has 5 aromatic rings. The van der Waals surface area contributed by atoms with Crippen LogP contribution in [0.25, 0.3) is 16.7 Å². The Balaban J connectivity index is 1.36. The summed E-state index contributed by atoms with van der Waals surface area (Å²) in [5.74, 6) is 1.21. The standard InChI is InChI=1S/C28H25N5O/c1-19-7-6-10-23(17-19)27(34)31-24-11-12-25-22(18-24)14-16-33(25)26-13-15-29-28(32-26)30-20(2)21-8-4-3-5-9-21/h3-18,20H,1-2H3,(H,31,34)(H,29,30,32)/t20-/m0/s1. The first-order valence-corrected chi connectivity index (χ1v) is 11.2. The molecule has 0 aliphatic heterocycles. The predicted molar refractivity (Wildman–Crippen MR) is 136 cm³/mol. The van der Waals surface area contributed by atoms with Crippen molar-refractivity contribution in [3.05, 3.63) is 114 Å². The topological polar surface area (TPSA) is 71.8 Å². The van der Waals surface area contributed by atoms with Gasteiger partial charge in [-0.25, -0.2) is 4.98 Å². The molecule has 0 unspecified atom stereocenters. The third-order valence-corrected chi connectivity index (χ3v) is 5.76. The molecule has 1 atom stereocenters. The van der Waals surface area contributed by atoms with E-state index in [1.165, 1.54) is 5.56 Å². The van der Waals surface area contributed by atoms with Gasteiger partial charge in [0.2, 0.25) is 5.95 Å². The molecule has 6 heteroatoms. The molecule has 0 saturated carbocycles. The zero-order chi connectivity index (χ0) is 23.5. The summed E-state index contributed by atoms with van der Waals surface area (Å²) in [5.41, 5.74) is 4.61. The van der Waals surface area contributed by atoms with Crippen LogP contribution in [0.15, 0.2) is 97.3 Å². The maximum atomic E-state index is 12.6. The van der Waals surface area contributed by atoms with Gasteiger partial charge in [-0.1, -0.05) is 48.0 Å². The number of hydrogen-bond donors (Lipinski definition) is 2. The summed E-state index contributed by atoms with van der Waals surface area (Å²) in [6, 6.07) is 27.6. The first-order valence-electron chi connectivity index (χ1n) is 11.2. The lowest BCUT2D eigenvalue weighted by Gasteiger charge is -2.15. The number of carbonyl (C=O) groups is 1. The number of nitrogens with one attached hydrogen (secondary N) is 2. The quantitative estimate of drug-likeness (QED) is 0.327. The van der Waals surface area contributed by atoms with Crippen LogP contribution in [0.2, 0.25) is 0 Å². The SMILES string of the molecule is Cc1cccc(C(=O)Nc2ccc3c(ccn3-c3ccnc(N[C@@H](C)c4ccccc4)n3)c2)c1. The number of hydrogen-bond acceptors (Lipinski definition) is 4. The molecule has 34 heavy (non-hydrogen) atoms. The van der Waals surface area contributed by atoms with Gasteiger partial charge in [0.25, 0.3) is 5.91 Å². The highest BCUT2D eigenvalue weighted by Gasteiger charge is 2.11. The second-order valence-electron chi connectivity index (χ2n) is 8.30. The average molecular weight is 448 g/mol. The molecule has 0 aliphatic rings. The fourth-order valence-electron chi connectivity index (χ4n) is 3.98. The number of rotatable bonds is 6. The molecule has 1 amide bonds. The minimum atomic E-state index is -0.124. The molecule has 2 heterocycles. The monoisotopic (exact) mass is 447 g/mol. The molecule has 3 aromatic carbocycles. The Morgan fingerprint density at radius 1 is 0.941 bits per heavy atom. The van der Waals surface area contributed by atoms with E-state index in [2.05, 4.69) is 34.7 Å². The van der Waals surface area contributed by atoms with Crippen LogP contribution < -0.4 is 10.6 Å². The minimum absolute atomic E-state index is 0.0810. The van der Waals surface area contributed by atoms with E-state index in [9.17, 15) is 4.79 Å². The highest BCUT2D eigenvalue weighted by Crippen LogP contribution is 2.24. The van der Waals surface area contributed by atoms with E-state index < -0.39 is 0 Å². The fraction of sp³-hybridized carbons (Fsp3) is 0.107. The number of carbonyl (C=O) groups excluding carboxylic acids is 1. The zero-order valence-corrected chi connectivity index (χ0v) is 19.1. The van der Waals surface area contributed by atoms with Crippen molar-refractivity contribution in [3.63, 3.8) is 0 Å². The highest BCUT2D eigenvalue weighted by molar-refractivity contribution is 6.05. The molecular weight excluding hydrogens is 422 g/mol. The summed E-state index contributed by atoms with van der Waals surface area (Å²) >= 11 is 0. The van der Waals surface area contributed by atoms with Gasteiger partial charge in [-0.3, -0.25) is 4.79 Å². The van der Waals surface area contributed by atoms with Crippen molar-refractivity contribution in [3.8, 4) is 5.82 Å². The van der Waals surface area contributed by atoms with Gasteiger partial charge in [0.15, 0.2) is 0 Å². The van der Waals surface area contributed by atoms with Crippen molar-refractivity contribution in [1.29, 1.82) is 0 Å². The second kappa shape index (κ2) is 9.19. The van der Waals surface area contributed by atoms with E-state index in [4.69, 9.17) is 4.98 Å². The van der Waals surface area contributed by atoms with Crippen molar-refractivity contribution in [2.24, 2.45) is 0 Å². The normalized spacial score (nSPS) is 11.8. The molecule has 0 bridgehead atoms. The molecule has 168 valence electrons. The Hall–Kier alpha value is -4.45. The minimum Gasteiger partial charge on any atom is -0.348 e. The number of fused-ring (bicyclic) bond motifs is 1. The van der Waals surface area contributed by atoms with Gasteiger partial charge in [-0.05, 0) is 61.9 Å². The summed E-state index contributed by atoms with van der Waals surface area (Å²) in [7, 11) is 0. The van der Waals surface area contributed by atoms with Crippen molar-refractivity contribution in [1.82, 2.24) is 14.5 Å². The molecule has 0 saturated heterocycles. The summed E-state index contributed by atoms with van der Waals surface area (Å²) in [4.78, 5) is 21.7. The molecule has 0 aliphatic carbocycles. The molecule has 6 nitrogen and oxygen atoms in total. The van der Waals surface area contributed by atoms with Gasteiger partial charge in [0.05, 0.1) is 11.6 Å². The Labute approximate surface area is 198 Å². The van der Waals surface area contributed by atoms with Gasteiger partial charge < -0.3 is 15.2 Å². The third kappa shape index (κ3) is 4.52.